The van der Waals surface area contributed by atoms with Gasteiger partial charge in [-0.1, -0.05) is 6.08 Å². The summed E-state index contributed by atoms with van der Waals surface area (Å²) < 4.78 is 0. The summed E-state index contributed by atoms with van der Waals surface area (Å²) in [5.41, 5.74) is 3.96. The predicted molar refractivity (Wildman–Crippen MR) is 92.1 cm³/mol. The van der Waals surface area contributed by atoms with Crippen molar-refractivity contribution in [2.24, 2.45) is 11.0 Å². The third-order valence-electron chi connectivity index (χ3n) is 4.37. The number of hydrogen-bond acceptors (Lipinski definition) is 5. The summed E-state index contributed by atoms with van der Waals surface area (Å²) in [6.45, 7) is 6.44. The van der Waals surface area contributed by atoms with Gasteiger partial charge < -0.3 is 5.32 Å². The van der Waals surface area contributed by atoms with Crippen molar-refractivity contribution < 1.29 is 0 Å². The summed E-state index contributed by atoms with van der Waals surface area (Å²) in [5.74, 6) is 1.06. The van der Waals surface area contributed by atoms with Crippen molar-refractivity contribution >= 4 is 22.6 Å². The van der Waals surface area contributed by atoms with E-state index in [1.807, 2.05) is 12.1 Å². The first-order chi connectivity index (χ1) is 11.1. The fraction of sp³-hybridized carbons (Fsp3) is 0.353. The fourth-order valence-electron chi connectivity index (χ4n) is 3.23. The van der Waals surface area contributed by atoms with E-state index in [1.54, 1.807) is 6.20 Å². The lowest BCUT2D eigenvalue weighted by Gasteiger charge is -2.29. The molecule has 0 spiro atoms. The zero-order chi connectivity index (χ0) is 16.0. The van der Waals surface area contributed by atoms with Crippen LogP contribution in [0.1, 0.15) is 20.8 Å². The largest absolute Gasteiger partial charge is 0.337 e. The lowest BCUT2D eigenvalue weighted by Crippen LogP contribution is -2.36. The number of rotatable bonds is 3. The molecule has 0 fully saturated rings. The van der Waals surface area contributed by atoms with Gasteiger partial charge in [0.15, 0.2) is 5.82 Å². The number of pyridine rings is 1. The average Bonchev–Trinajstić information content (AvgIpc) is 3.10. The minimum Gasteiger partial charge on any atom is -0.337 e. The molecule has 0 radical (unpaired) electrons. The molecule has 2 unspecified atom stereocenters. The van der Waals surface area contributed by atoms with Crippen LogP contribution in [0.25, 0.3) is 11.0 Å². The van der Waals surface area contributed by atoms with E-state index in [0.717, 1.165) is 28.3 Å². The molecule has 118 valence electrons. The standard InChI is InChI=1S/C17H20N6/c1-10(2)23-15-7-6-12(9-13(15)11(3)22-23)19-17-16-14(20-21-17)5-4-8-18-16/h4-10,13,15H,1-3H3,(H2,19,20,21). The molecule has 6 heteroatoms. The maximum Gasteiger partial charge on any atom is 0.178 e. The van der Waals surface area contributed by atoms with Crippen LogP contribution >= 0.6 is 0 Å². The molecule has 0 aromatic carbocycles. The molecule has 6 nitrogen and oxygen atoms in total. The molecule has 0 amide bonds. The number of aromatic amines is 1. The Morgan fingerprint density at radius 2 is 2.22 bits per heavy atom. The van der Waals surface area contributed by atoms with Crippen LogP contribution in [0.15, 0.2) is 47.4 Å². The SMILES string of the molecule is CC1=NN(C(C)C)C2C=CC(Nc3n[nH]c4cccnc34)=CC12. The molecule has 1 aliphatic heterocycles. The predicted octanol–water partition coefficient (Wildman–Crippen LogP) is 2.91. The molecule has 0 saturated heterocycles. The van der Waals surface area contributed by atoms with Crippen LogP contribution in [0.5, 0.6) is 0 Å². The Bertz CT molecular complexity index is 828. The van der Waals surface area contributed by atoms with Crippen LogP contribution in [0, 0.1) is 5.92 Å². The van der Waals surface area contributed by atoms with Crippen LogP contribution < -0.4 is 5.32 Å². The van der Waals surface area contributed by atoms with Crippen molar-refractivity contribution in [1.82, 2.24) is 20.2 Å². The van der Waals surface area contributed by atoms with Crippen LogP contribution in [-0.2, 0) is 0 Å². The summed E-state index contributed by atoms with van der Waals surface area (Å²) in [6.07, 6.45) is 8.33. The van der Waals surface area contributed by atoms with Gasteiger partial charge in [-0.05, 0) is 45.1 Å². The molecule has 0 bridgehead atoms. The van der Waals surface area contributed by atoms with Gasteiger partial charge in [-0.3, -0.25) is 15.1 Å². The Balaban J connectivity index is 1.60. The van der Waals surface area contributed by atoms with E-state index in [-0.39, 0.29) is 0 Å². The summed E-state index contributed by atoms with van der Waals surface area (Å²) in [7, 11) is 0. The van der Waals surface area contributed by atoms with Crippen molar-refractivity contribution in [3.8, 4) is 0 Å². The van der Waals surface area contributed by atoms with Crippen molar-refractivity contribution in [2.75, 3.05) is 5.32 Å². The summed E-state index contributed by atoms with van der Waals surface area (Å²) >= 11 is 0. The van der Waals surface area contributed by atoms with Gasteiger partial charge in [0.1, 0.15) is 5.52 Å². The highest BCUT2D eigenvalue weighted by molar-refractivity contribution is 5.90. The molecule has 3 heterocycles. The zero-order valence-electron chi connectivity index (χ0n) is 13.5. The van der Waals surface area contributed by atoms with E-state index in [0.29, 0.717) is 18.0 Å². The molecule has 2 aromatic rings. The number of hydrazone groups is 1. The van der Waals surface area contributed by atoms with Crippen LogP contribution in [-0.4, -0.2) is 38.0 Å². The molecule has 1 aliphatic carbocycles. The molecule has 2 atom stereocenters. The number of allylic oxidation sites excluding steroid dienone is 1. The average molecular weight is 308 g/mol. The Morgan fingerprint density at radius 3 is 3.04 bits per heavy atom. The quantitative estimate of drug-likeness (QED) is 0.915. The highest BCUT2D eigenvalue weighted by Gasteiger charge is 2.35. The minimum absolute atomic E-state index is 0.308. The third kappa shape index (κ3) is 2.30. The van der Waals surface area contributed by atoms with Gasteiger partial charge in [0.25, 0.3) is 0 Å². The second kappa shape index (κ2) is 5.22. The Kier molecular flexibility index (Phi) is 3.18. The number of H-pyrrole nitrogens is 1. The first-order valence-electron chi connectivity index (χ1n) is 7.93. The van der Waals surface area contributed by atoms with Gasteiger partial charge in [-0.15, -0.1) is 0 Å². The first-order valence-corrected chi connectivity index (χ1v) is 7.93. The van der Waals surface area contributed by atoms with E-state index in [9.17, 15) is 0 Å². The number of hydrogen-bond donors (Lipinski definition) is 2. The maximum atomic E-state index is 4.71. The number of nitrogens with one attached hydrogen (secondary N) is 2. The van der Waals surface area contributed by atoms with Gasteiger partial charge in [0, 0.05) is 29.6 Å². The minimum atomic E-state index is 0.308. The van der Waals surface area contributed by atoms with Crippen molar-refractivity contribution in [2.45, 2.75) is 32.9 Å². The van der Waals surface area contributed by atoms with E-state index < -0.39 is 0 Å². The molecular weight excluding hydrogens is 288 g/mol. The van der Waals surface area contributed by atoms with E-state index >= 15 is 0 Å². The van der Waals surface area contributed by atoms with Gasteiger partial charge >= 0.3 is 0 Å². The molecule has 23 heavy (non-hydrogen) atoms. The lowest BCUT2D eigenvalue weighted by molar-refractivity contribution is 0.199. The summed E-state index contributed by atoms with van der Waals surface area (Å²) in [6, 6.07) is 4.57. The van der Waals surface area contributed by atoms with Crippen molar-refractivity contribution in [3.63, 3.8) is 0 Å². The fourth-order valence-corrected chi connectivity index (χ4v) is 3.23. The van der Waals surface area contributed by atoms with Gasteiger partial charge in [0.2, 0.25) is 0 Å². The van der Waals surface area contributed by atoms with E-state index in [2.05, 4.69) is 64.5 Å². The van der Waals surface area contributed by atoms with E-state index in [1.165, 1.54) is 0 Å². The highest BCUT2D eigenvalue weighted by atomic mass is 15.5. The molecule has 2 aromatic heterocycles. The number of aromatic nitrogens is 3. The zero-order valence-corrected chi connectivity index (χ0v) is 13.5. The van der Waals surface area contributed by atoms with Gasteiger partial charge in [-0.25, -0.2) is 0 Å². The van der Waals surface area contributed by atoms with Crippen LogP contribution in [0.2, 0.25) is 0 Å². The van der Waals surface area contributed by atoms with Gasteiger partial charge in [-0.2, -0.15) is 10.2 Å². The van der Waals surface area contributed by atoms with Gasteiger partial charge in [0.05, 0.1) is 11.6 Å². The monoisotopic (exact) mass is 308 g/mol. The Labute approximate surface area is 135 Å². The first kappa shape index (κ1) is 14.0. The van der Waals surface area contributed by atoms with Crippen LogP contribution in [0.3, 0.4) is 0 Å². The highest BCUT2D eigenvalue weighted by Crippen LogP contribution is 2.31. The number of nitrogens with zero attached hydrogens (tertiary/aromatic N) is 4. The number of anilines is 1. The normalized spacial score (nSPS) is 23.2. The smallest absolute Gasteiger partial charge is 0.178 e. The lowest BCUT2D eigenvalue weighted by atomic mass is 9.90. The van der Waals surface area contributed by atoms with E-state index in [4.69, 9.17) is 5.10 Å². The Morgan fingerprint density at radius 1 is 1.35 bits per heavy atom. The molecule has 2 aliphatic rings. The van der Waals surface area contributed by atoms with Crippen molar-refractivity contribution in [3.05, 3.63) is 42.3 Å². The molecular formula is C17H20N6. The summed E-state index contributed by atoms with van der Waals surface area (Å²) in [4.78, 5) is 4.38. The van der Waals surface area contributed by atoms with Crippen LogP contribution in [0.4, 0.5) is 5.82 Å². The number of fused-ring (bicyclic) bond motifs is 2. The molecule has 4 rings (SSSR count). The molecule has 2 N–H and O–H groups in total. The Hall–Kier alpha value is -2.63. The second-order valence-electron chi connectivity index (χ2n) is 6.31. The van der Waals surface area contributed by atoms with Crippen molar-refractivity contribution in [1.29, 1.82) is 0 Å². The summed E-state index contributed by atoms with van der Waals surface area (Å²) in [5, 5.41) is 17.6. The maximum absolute atomic E-state index is 4.71. The molecule has 0 saturated carbocycles. The second-order valence-corrected chi connectivity index (χ2v) is 6.31. The third-order valence-corrected chi connectivity index (χ3v) is 4.37. The topological polar surface area (TPSA) is 69.2 Å².